The minimum Gasteiger partial charge on any atom is -0.480 e. The van der Waals surface area contributed by atoms with Crippen molar-refractivity contribution in [1.82, 2.24) is 10.3 Å². The lowest BCUT2D eigenvalue weighted by Crippen LogP contribution is -2.43. The van der Waals surface area contributed by atoms with E-state index in [0.717, 1.165) is 11.3 Å². The maximum atomic E-state index is 11.9. The molecule has 0 radical (unpaired) electrons. The van der Waals surface area contributed by atoms with Crippen LogP contribution in [0, 0.1) is 6.92 Å². The highest BCUT2D eigenvalue weighted by Gasteiger charge is 2.27. The third-order valence-corrected chi connectivity index (χ3v) is 3.15. The van der Waals surface area contributed by atoms with E-state index in [1.54, 1.807) is 27.7 Å². The van der Waals surface area contributed by atoms with Crippen LogP contribution in [0.25, 0.3) is 0 Å². The number of esters is 1. The summed E-state index contributed by atoms with van der Waals surface area (Å²) >= 11 is 1.15. The molecule has 1 atom stereocenters. The molecule has 21 heavy (non-hydrogen) atoms. The Labute approximate surface area is 126 Å². The summed E-state index contributed by atoms with van der Waals surface area (Å²) < 4.78 is 5.05. The monoisotopic (exact) mass is 314 g/mol. The standard InChI is InChI=1S/C13H18N2O5S/c1-7-14-6-9(21-7)11(17)15-8(12(18)19)5-10(16)20-13(2,3)4/h6,8H,5H2,1-4H3,(H,15,17)(H,18,19)/t8-/m0/s1. The molecule has 0 aliphatic carbocycles. The van der Waals surface area contributed by atoms with Gasteiger partial charge in [-0.1, -0.05) is 0 Å². The molecule has 0 saturated heterocycles. The number of aliphatic carboxylic acids is 1. The molecule has 116 valence electrons. The number of nitrogens with one attached hydrogen (secondary N) is 1. The predicted molar refractivity (Wildman–Crippen MR) is 76.2 cm³/mol. The molecule has 0 aliphatic rings. The molecule has 0 unspecified atom stereocenters. The molecule has 0 saturated carbocycles. The fourth-order valence-corrected chi connectivity index (χ4v) is 2.13. The number of rotatable bonds is 5. The number of amides is 1. The number of nitrogens with zero attached hydrogens (tertiary/aromatic N) is 1. The van der Waals surface area contributed by atoms with Crippen LogP contribution in [-0.2, 0) is 14.3 Å². The zero-order valence-corrected chi connectivity index (χ0v) is 13.1. The van der Waals surface area contributed by atoms with E-state index < -0.39 is 35.9 Å². The van der Waals surface area contributed by atoms with Crippen LogP contribution in [-0.4, -0.2) is 39.6 Å². The summed E-state index contributed by atoms with van der Waals surface area (Å²) in [6.07, 6.45) is 0.928. The van der Waals surface area contributed by atoms with Crippen LogP contribution >= 0.6 is 11.3 Å². The molecule has 0 bridgehead atoms. The zero-order chi connectivity index (χ0) is 16.2. The van der Waals surface area contributed by atoms with Gasteiger partial charge in [0.15, 0.2) is 0 Å². The number of carboxylic acid groups (broad SMARTS) is 1. The summed E-state index contributed by atoms with van der Waals surface area (Å²) in [6.45, 7) is 6.77. The molecular formula is C13H18N2O5S. The van der Waals surface area contributed by atoms with Crippen molar-refractivity contribution in [1.29, 1.82) is 0 Å². The topological polar surface area (TPSA) is 106 Å². The van der Waals surface area contributed by atoms with Gasteiger partial charge in [-0.25, -0.2) is 9.78 Å². The maximum Gasteiger partial charge on any atom is 0.326 e. The van der Waals surface area contributed by atoms with Crippen LogP contribution in [0.4, 0.5) is 0 Å². The average molecular weight is 314 g/mol. The first-order valence-corrected chi connectivity index (χ1v) is 7.08. The fraction of sp³-hybridized carbons (Fsp3) is 0.538. The smallest absolute Gasteiger partial charge is 0.326 e. The summed E-state index contributed by atoms with van der Waals surface area (Å²) in [5.41, 5.74) is -0.709. The number of aromatic nitrogens is 1. The number of carbonyl (C=O) groups excluding carboxylic acids is 2. The normalized spacial score (nSPS) is 12.6. The van der Waals surface area contributed by atoms with Crippen molar-refractivity contribution in [2.75, 3.05) is 0 Å². The molecule has 2 N–H and O–H groups in total. The second-order valence-corrected chi connectivity index (χ2v) is 6.63. The van der Waals surface area contributed by atoms with Crippen LogP contribution in [0.15, 0.2) is 6.20 Å². The summed E-state index contributed by atoms with van der Waals surface area (Å²) in [7, 11) is 0. The van der Waals surface area contributed by atoms with Gasteiger partial charge in [-0.3, -0.25) is 9.59 Å². The van der Waals surface area contributed by atoms with E-state index in [9.17, 15) is 14.4 Å². The Morgan fingerprint density at radius 1 is 1.43 bits per heavy atom. The number of thiazole rings is 1. The first kappa shape index (κ1) is 17.1. The minimum atomic E-state index is -1.34. The molecule has 8 heteroatoms. The molecule has 0 fully saturated rings. The maximum absolute atomic E-state index is 11.9. The van der Waals surface area contributed by atoms with Gasteiger partial charge >= 0.3 is 11.9 Å². The lowest BCUT2D eigenvalue weighted by atomic mass is 10.1. The molecule has 1 rings (SSSR count). The second kappa shape index (κ2) is 6.66. The zero-order valence-electron chi connectivity index (χ0n) is 12.3. The summed E-state index contributed by atoms with van der Waals surface area (Å²) in [5.74, 6) is -2.55. The summed E-state index contributed by atoms with van der Waals surface area (Å²) in [6, 6.07) is -1.34. The van der Waals surface area contributed by atoms with Crippen molar-refractivity contribution < 1.29 is 24.2 Å². The van der Waals surface area contributed by atoms with Crippen molar-refractivity contribution >= 4 is 29.2 Å². The number of ether oxygens (including phenoxy) is 1. The first-order valence-electron chi connectivity index (χ1n) is 6.26. The molecule has 1 heterocycles. The van der Waals surface area contributed by atoms with Gasteiger partial charge in [0.05, 0.1) is 17.6 Å². The van der Waals surface area contributed by atoms with Gasteiger partial charge in [-0.05, 0) is 27.7 Å². The van der Waals surface area contributed by atoms with E-state index in [0.29, 0.717) is 9.88 Å². The number of hydrogen-bond donors (Lipinski definition) is 2. The Hall–Kier alpha value is -1.96. The van der Waals surface area contributed by atoms with E-state index in [1.165, 1.54) is 6.20 Å². The summed E-state index contributed by atoms with van der Waals surface area (Å²) in [5, 5.41) is 12.1. The van der Waals surface area contributed by atoms with Crippen LogP contribution in [0.1, 0.15) is 41.9 Å². The Balaban J connectivity index is 2.68. The van der Waals surface area contributed by atoms with Crippen LogP contribution in [0.5, 0.6) is 0 Å². The largest absolute Gasteiger partial charge is 0.480 e. The second-order valence-electron chi connectivity index (χ2n) is 5.40. The van der Waals surface area contributed by atoms with E-state index >= 15 is 0 Å². The van der Waals surface area contributed by atoms with E-state index in [4.69, 9.17) is 9.84 Å². The summed E-state index contributed by atoms with van der Waals surface area (Å²) in [4.78, 5) is 38.9. The highest BCUT2D eigenvalue weighted by Crippen LogP contribution is 2.13. The Morgan fingerprint density at radius 2 is 2.05 bits per heavy atom. The van der Waals surface area contributed by atoms with Crippen molar-refractivity contribution in [3.05, 3.63) is 16.1 Å². The minimum absolute atomic E-state index is 0.294. The molecule has 0 aliphatic heterocycles. The molecule has 0 aromatic carbocycles. The third kappa shape index (κ3) is 5.90. The fourth-order valence-electron chi connectivity index (χ4n) is 1.45. The van der Waals surface area contributed by atoms with Crippen molar-refractivity contribution in [3.8, 4) is 0 Å². The van der Waals surface area contributed by atoms with Gasteiger partial charge in [-0.2, -0.15) is 0 Å². The number of aryl methyl sites for hydroxylation is 1. The van der Waals surface area contributed by atoms with E-state index in [-0.39, 0.29) is 0 Å². The Morgan fingerprint density at radius 3 is 2.48 bits per heavy atom. The van der Waals surface area contributed by atoms with E-state index in [2.05, 4.69) is 10.3 Å². The molecule has 1 aromatic heterocycles. The number of carboxylic acids is 1. The van der Waals surface area contributed by atoms with Gasteiger partial charge in [-0.15, -0.1) is 11.3 Å². The lowest BCUT2D eigenvalue weighted by Gasteiger charge is -2.21. The van der Waals surface area contributed by atoms with Crippen LogP contribution < -0.4 is 5.32 Å². The molecular weight excluding hydrogens is 296 g/mol. The van der Waals surface area contributed by atoms with Gasteiger partial charge in [0.2, 0.25) is 0 Å². The van der Waals surface area contributed by atoms with E-state index in [1.807, 2.05) is 0 Å². The van der Waals surface area contributed by atoms with Crippen molar-refractivity contribution in [3.63, 3.8) is 0 Å². The molecule has 7 nitrogen and oxygen atoms in total. The quantitative estimate of drug-likeness (QED) is 0.795. The SMILES string of the molecule is Cc1ncc(C(=O)N[C@@H](CC(=O)OC(C)(C)C)C(=O)O)s1. The van der Waals surface area contributed by atoms with Crippen LogP contribution in [0.3, 0.4) is 0 Å². The molecule has 1 amide bonds. The Kier molecular flexibility index (Phi) is 5.42. The average Bonchev–Trinajstić information content (AvgIpc) is 2.72. The van der Waals surface area contributed by atoms with Crippen molar-refractivity contribution in [2.45, 2.75) is 45.8 Å². The number of hydrogen-bond acceptors (Lipinski definition) is 6. The van der Waals surface area contributed by atoms with Gasteiger partial charge in [0.1, 0.15) is 16.5 Å². The molecule has 1 aromatic rings. The Bertz CT molecular complexity index is 547. The predicted octanol–water partition coefficient (Wildman–Crippen LogP) is 1.37. The highest BCUT2D eigenvalue weighted by molar-refractivity contribution is 7.13. The lowest BCUT2D eigenvalue weighted by molar-refractivity contribution is -0.158. The van der Waals surface area contributed by atoms with Gasteiger partial charge in [0, 0.05) is 0 Å². The third-order valence-electron chi connectivity index (χ3n) is 2.24. The highest BCUT2D eigenvalue weighted by atomic mass is 32.1. The first-order chi connectivity index (χ1) is 9.58. The molecule has 0 spiro atoms. The van der Waals surface area contributed by atoms with Gasteiger partial charge < -0.3 is 15.2 Å². The van der Waals surface area contributed by atoms with Crippen LogP contribution in [0.2, 0.25) is 0 Å². The number of carbonyl (C=O) groups is 3. The van der Waals surface area contributed by atoms with Gasteiger partial charge in [0.25, 0.3) is 5.91 Å². The van der Waals surface area contributed by atoms with Crippen molar-refractivity contribution in [2.24, 2.45) is 0 Å².